The predicted octanol–water partition coefficient (Wildman–Crippen LogP) is 6.27. The van der Waals surface area contributed by atoms with Gasteiger partial charge in [-0.3, -0.25) is 9.59 Å². The normalized spacial score (nSPS) is 21.7. The Hall–Kier alpha value is -3.12. The molecule has 3 aliphatic rings. The minimum Gasteiger partial charge on any atom is -0.481 e. The van der Waals surface area contributed by atoms with Crippen LogP contribution in [0.3, 0.4) is 0 Å². The van der Waals surface area contributed by atoms with Crippen molar-refractivity contribution in [2.24, 2.45) is 11.8 Å². The zero-order valence-electron chi connectivity index (χ0n) is 24.7. The molecule has 2 N–H and O–H groups in total. The minimum atomic E-state index is -3.89. The summed E-state index contributed by atoms with van der Waals surface area (Å²) in [5, 5.41) is 14.3. The number of hydrogen-bond acceptors (Lipinski definition) is 8. The summed E-state index contributed by atoms with van der Waals surface area (Å²) >= 11 is 13.0. The molecule has 13 heteroatoms. The number of piperidine rings is 1. The van der Waals surface area contributed by atoms with Crippen LogP contribution < -0.4 is 9.62 Å². The van der Waals surface area contributed by atoms with E-state index in [2.05, 4.69) is 14.8 Å². The number of carbonyl (C=O) groups excluding carboxylic acids is 1. The lowest BCUT2D eigenvalue weighted by Gasteiger charge is -2.33. The van der Waals surface area contributed by atoms with E-state index >= 15 is 0 Å². The number of fused-ring (bicyclic) bond motifs is 2. The molecule has 45 heavy (non-hydrogen) atoms. The SMILES string of the molecule is CC(CCS(=O)(=O)NC(=O)c1ccc(N2C[C@@H]3C[C@H]2C[C@H]3OCc2c(-c3c(Cl)cccc3Cl)noc2C2CC2)cc1)CC(=O)O. The number of carboxylic acids is 1. The predicted molar refractivity (Wildman–Crippen MR) is 170 cm³/mol. The van der Waals surface area contributed by atoms with Gasteiger partial charge in [0.2, 0.25) is 10.0 Å². The van der Waals surface area contributed by atoms with Crippen LogP contribution in [0.15, 0.2) is 47.0 Å². The maximum atomic E-state index is 12.6. The number of sulfonamides is 1. The van der Waals surface area contributed by atoms with Crippen molar-refractivity contribution < 1.29 is 32.4 Å². The molecule has 0 radical (unpaired) electrons. The van der Waals surface area contributed by atoms with Gasteiger partial charge in [0, 0.05) is 53.2 Å². The van der Waals surface area contributed by atoms with E-state index < -0.39 is 21.9 Å². The number of aliphatic carboxylic acids is 1. The quantitative estimate of drug-likeness (QED) is 0.215. The van der Waals surface area contributed by atoms with Crippen molar-refractivity contribution in [3.63, 3.8) is 0 Å². The summed E-state index contributed by atoms with van der Waals surface area (Å²) in [5.41, 5.74) is 3.42. The number of nitrogens with zero attached hydrogens (tertiary/aromatic N) is 2. The number of nitrogens with one attached hydrogen (secondary N) is 1. The molecule has 2 heterocycles. The average molecular weight is 677 g/mol. The Morgan fingerprint density at radius 2 is 1.84 bits per heavy atom. The molecule has 1 unspecified atom stereocenters. The van der Waals surface area contributed by atoms with E-state index in [-0.39, 0.29) is 42.2 Å². The molecule has 4 atom stereocenters. The molecule has 6 rings (SSSR count). The zero-order valence-corrected chi connectivity index (χ0v) is 27.1. The Balaban J connectivity index is 1.05. The maximum Gasteiger partial charge on any atom is 0.303 e. The Bertz CT molecular complexity index is 1670. The Labute approximate surface area is 272 Å². The van der Waals surface area contributed by atoms with E-state index in [1.807, 2.05) is 12.1 Å². The molecule has 3 fully saturated rings. The van der Waals surface area contributed by atoms with Crippen LogP contribution in [0, 0.1) is 11.8 Å². The zero-order chi connectivity index (χ0) is 31.9. The first-order chi connectivity index (χ1) is 21.5. The number of amides is 1. The van der Waals surface area contributed by atoms with Gasteiger partial charge < -0.3 is 19.3 Å². The summed E-state index contributed by atoms with van der Waals surface area (Å²) in [7, 11) is -3.89. The molecule has 1 saturated heterocycles. The molecule has 3 aromatic rings. The number of rotatable bonds is 13. The first-order valence-electron chi connectivity index (χ1n) is 15.2. The van der Waals surface area contributed by atoms with Crippen LogP contribution in [0.25, 0.3) is 11.3 Å². The molecule has 1 aromatic heterocycles. The Morgan fingerprint density at radius 1 is 1.13 bits per heavy atom. The van der Waals surface area contributed by atoms with Crippen LogP contribution in [-0.2, 0) is 26.2 Å². The van der Waals surface area contributed by atoms with Crippen LogP contribution >= 0.6 is 23.2 Å². The van der Waals surface area contributed by atoms with Gasteiger partial charge in [0.1, 0.15) is 11.5 Å². The molecular formula is C32H35Cl2N3O7S. The van der Waals surface area contributed by atoms with E-state index in [4.69, 9.17) is 37.6 Å². The number of carbonyl (C=O) groups is 2. The highest BCUT2D eigenvalue weighted by molar-refractivity contribution is 7.90. The first-order valence-corrected chi connectivity index (χ1v) is 17.6. The second-order valence-corrected chi connectivity index (χ2v) is 15.1. The van der Waals surface area contributed by atoms with E-state index in [1.165, 1.54) is 0 Å². The van der Waals surface area contributed by atoms with Gasteiger partial charge in [0.05, 0.1) is 28.5 Å². The van der Waals surface area contributed by atoms with Crippen molar-refractivity contribution in [3.05, 3.63) is 69.4 Å². The number of halogens is 2. The molecule has 0 spiro atoms. The number of hydrogen-bond donors (Lipinski definition) is 2. The van der Waals surface area contributed by atoms with Crippen molar-refractivity contribution in [1.82, 2.24) is 9.88 Å². The molecule has 1 amide bonds. The fraction of sp³-hybridized carbons (Fsp3) is 0.469. The lowest BCUT2D eigenvalue weighted by atomic mass is 10.0. The summed E-state index contributed by atoms with van der Waals surface area (Å²) in [6.07, 6.45) is 4.07. The third-order valence-corrected chi connectivity index (χ3v) is 10.9. The van der Waals surface area contributed by atoms with Crippen LogP contribution in [0.5, 0.6) is 0 Å². The highest BCUT2D eigenvalue weighted by Crippen LogP contribution is 2.47. The maximum absolute atomic E-state index is 12.6. The minimum absolute atomic E-state index is 0.0799. The van der Waals surface area contributed by atoms with Crippen LogP contribution in [0.1, 0.15) is 73.0 Å². The van der Waals surface area contributed by atoms with Gasteiger partial charge in [-0.05, 0) is 74.4 Å². The summed E-state index contributed by atoms with van der Waals surface area (Å²) < 4.78 is 39.2. The monoisotopic (exact) mass is 675 g/mol. The second-order valence-electron chi connectivity index (χ2n) is 12.4. The fourth-order valence-corrected chi connectivity index (χ4v) is 8.27. The summed E-state index contributed by atoms with van der Waals surface area (Å²) in [6.45, 7) is 2.84. The molecule has 2 aromatic carbocycles. The summed E-state index contributed by atoms with van der Waals surface area (Å²) in [4.78, 5) is 25.8. The lowest BCUT2D eigenvalue weighted by Crippen LogP contribution is -2.38. The molecule has 2 saturated carbocycles. The number of ether oxygens (including phenoxy) is 1. The van der Waals surface area contributed by atoms with Gasteiger partial charge >= 0.3 is 5.97 Å². The van der Waals surface area contributed by atoms with Crippen molar-refractivity contribution in [3.8, 4) is 11.3 Å². The van der Waals surface area contributed by atoms with Crippen LogP contribution in [-0.4, -0.2) is 55.0 Å². The van der Waals surface area contributed by atoms with E-state index in [1.54, 1.807) is 37.3 Å². The van der Waals surface area contributed by atoms with Crippen LogP contribution in [0.4, 0.5) is 5.69 Å². The van der Waals surface area contributed by atoms with Gasteiger partial charge in [-0.25, -0.2) is 13.1 Å². The molecule has 2 bridgehead atoms. The topological polar surface area (TPSA) is 139 Å². The molecule has 2 aliphatic carbocycles. The largest absolute Gasteiger partial charge is 0.481 e. The molecule has 10 nitrogen and oxygen atoms in total. The number of anilines is 1. The molecule has 240 valence electrons. The van der Waals surface area contributed by atoms with Gasteiger partial charge in [0.15, 0.2) is 0 Å². The third kappa shape index (κ3) is 7.16. The van der Waals surface area contributed by atoms with Gasteiger partial charge in [-0.2, -0.15) is 0 Å². The third-order valence-electron chi connectivity index (χ3n) is 9.00. The summed E-state index contributed by atoms with van der Waals surface area (Å²) in [5.74, 6) is -0.790. The Kier molecular flexibility index (Phi) is 9.16. The Morgan fingerprint density at radius 3 is 2.47 bits per heavy atom. The van der Waals surface area contributed by atoms with Crippen molar-refractivity contribution in [2.45, 2.75) is 70.1 Å². The summed E-state index contributed by atoms with van der Waals surface area (Å²) in [6, 6.07) is 12.6. The highest BCUT2D eigenvalue weighted by atomic mass is 35.5. The number of aromatic nitrogens is 1. The lowest BCUT2D eigenvalue weighted by molar-refractivity contribution is -0.137. The van der Waals surface area contributed by atoms with E-state index in [0.717, 1.165) is 49.2 Å². The van der Waals surface area contributed by atoms with E-state index in [9.17, 15) is 18.0 Å². The van der Waals surface area contributed by atoms with Crippen molar-refractivity contribution in [2.75, 3.05) is 17.2 Å². The van der Waals surface area contributed by atoms with Crippen molar-refractivity contribution in [1.29, 1.82) is 0 Å². The standard InChI is InChI=1S/C32H35Cl2N3O7S/c1-18(13-28(38)39)11-12-45(41,42)36-32(40)20-7-9-22(10-8-20)37-16-21-14-23(37)15-27(21)43-17-24-30(35-44-31(24)19-5-6-19)29-25(33)3-2-4-26(29)34/h2-4,7-10,18-19,21,23,27H,5-6,11-17H2,1H3,(H,36,40)(H,38,39)/t18?,21-,23-,27+/m0/s1. The molecular weight excluding hydrogens is 641 g/mol. The number of carboxylic acid groups (broad SMARTS) is 1. The second kappa shape index (κ2) is 12.9. The smallest absolute Gasteiger partial charge is 0.303 e. The van der Waals surface area contributed by atoms with Gasteiger partial charge in [-0.15, -0.1) is 0 Å². The molecule has 1 aliphatic heterocycles. The average Bonchev–Trinajstić information content (AvgIpc) is 3.44. The fourth-order valence-electron chi connectivity index (χ4n) is 6.48. The highest BCUT2D eigenvalue weighted by Gasteiger charge is 2.46. The van der Waals surface area contributed by atoms with Gasteiger partial charge in [0.25, 0.3) is 5.91 Å². The van der Waals surface area contributed by atoms with Crippen molar-refractivity contribution >= 4 is 50.8 Å². The van der Waals surface area contributed by atoms with E-state index in [0.29, 0.717) is 39.7 Å². The van der Waals surface area contributed by atoms with Crippen LogP contribution in [0.2, 0.25) is 10.0 Å². The van der Waals surface area contributed by atoms with Gasteiger partial charge in [-0.1, -0.05) is 41.3 Å². The first kappa shape index (κ1) is 31.8. The number of benzene rings is 2.